The van der Waals surface area contributed by atoms with Gasteiger partial charge >= 0.3 is 0 Å². The maximum absolute atomic E-state index is 13.7. The zero-order valence-corrected chi connectivity index (χ0v) is 17.5. The fraction of sp³-hybridized carbons (Fsp3) is 0.381. The lowest BCUT2D eigenvalue weighted by molar-refractivity contribution is -0.121. The van der Waals surface area contributed by atoms with Gasteiger partial charge in [-0.05, 0) is 37.1 Å². The van der Waals surface area contributed by atoms with Gasteiger partial charge in [-0.1, -0.05) is 36.4 Å². The Kier molecular flexibility index (Phi) is 6.66. The minimum absolute atomic E-state index is 0.0249. The number of sulfonamides is 1. The highest BCUT2D eigenvalue weighted by Gasteiger charge is 2.31. The van der Waals surface area contributed by atoms with Gasteiger partial charge in [0.2, 0.25) is 15.9 Å². The van der Waals surface area contributed by atoms with E-state index in [4.69, 9.17) is 0 Å². The van der Waals surface area contributed by atoms with Crippen LogP contribution in [0.1, 0.15) is 18.1 Å². The Morgan fingerprint density at radius 2 is 1.76 bits per heavy atom. The molecule has 8 heteroatoms. The molecule has 156 valence electrons. The molecule has 0 bridgehead atoms. The number of hydrogen-bond acceptors (Lipinski definition) is 4. The van der Waals surface area contributed by atoms with Crippen LogP contribution < -0.4 is 5.32 Å². The van der Waals surface area contributed by atoms with Crippen molar-refractivity contribution in [1.82, 2.24) is 9.21 Å². The molecule has 0 aliphatic carbocycles. The second-order valence-corrected chi connectivity index (χ2v) is 9.27. The van der Waals surface area contributed by atoms with Crippen LogP contribution in [0.3, 0.4) is 0 Å². The van der Waals surface area contributed by atoms with Crippen molar-refractivity contribution in [3.63, 3.8) is 0 Å². The number of carbonyl (C=O) groups is 1. The Morgan fingerprint density at radius 3 is 2.38 bits per heavy atom. The molecular weight excluding hydrogens is 393 g/mol. The van der Waals surface area contributed by atoms with Gasteiger partial charge in [0.05, 0.1) is 11.8 Å². The van der Waals surface area contributed by atoms with Gasteiger partial charge in [-0.3, -0.25) is 9.69 Å². The second kappa shape index (κ2) is 9.02. The highest BCUT2D eigenvalue weighted by Crippen LogP contribution is 2.17. The molecule has 29 heavy (non-hydrogen) atoms. The second-order valence-electron chi connectivity index (χ2n) is 7.31. The quantitative estimate of drug-likeness (QED) is 0.782. The van der Waals surface area contributed by atoms with Crippen molar-refractivity contribution >= 4 is 21.6 Å². The molecule has 1 aliphatic rings. The van der Waals surface area contributed by atoms with E-state index >= 15 is 0 Å². The fourth-order valence-corrected chi connectivity index (χ4v) is 4.84. The van der Waals surface area contributed by atoms with E-state index in [9.17, 15) is 17.6 Å². The first-order chi connectivity index (χ1) is 13.8. The number of halogens is 1. The van der Waals surface area contributed by atoms with Gasteiger partial charge in [0.15, 0.2) is 0 Å². The Hall–Kier alpha value is -2.29. The standard InChI is InChI=1S/C21H26FN3O3S/c1-16-8-9-19(14-20(16)22)23-21(26)17(2)24-10-12-25(13-11-24)29(27,28)15-18-6-4-3-5-7-18/h3-9,14,17H,10-13,15H2,1-2H3,(H,23,26). The van der Waals surface area contributed by atoms with E-state index in [1.54, 1.807) is 38.1 Å². The molecule has 3 rings (SSSR count). The van der Waals surface area contributed by atoms with Crippen LogP contribution in [0.2, 0.25) is 0 Å². The molecule has 1 fully saturated rings. The first-order valence-electron chi connectivity index (χ1n) is 9.59. The molecule has 1 unspecified atom stereocenters. The summed E-state index contributed by atoms with van der Waals surface area (Å²) in [6, 6.07) is 13.2. The van der Waals surface area contributed by atoms with E-state index in [1.165, 1.54) is 10.4 Å². The number of benzene rings is 2. The van der Waals surface area contributed by atoms with Crippen molar-refractivity contribution < 1.29 is 17.6 Å². The van der Waals surface area contributed by atoms with Gasteiger partial charge in [0.25, 0.3) is 0 Å². The van der Waals surface area contributed by atoms with Gasteiger partial charge in [0, 0.05) is 31.9 Å². The third-order valence-corrected chi connectivity index (χ3v) is 7.08. The van der Waals surface area contributed by atoms with Crippen molar-refractivity contribution in [2.24, 2.45) is 0 Å². The number of hydrogen-bond donors (Lipinski definition) is 1. The molecule has 2 aromatic carbocycles. The summed E-state index contributed by atoms with van der Waals surface area (Å²) >= 11 is 0. The number of nitrogens with one attached hydrogen (secondary N) is 1. The van der Waals surface area contributed by atoms with Gasteiger partial charge in [-0.25, -0.2) is 12.8 Å². The Balaban J connectivity index is 1.55. The van der Waals surface area contributed by atoms with Crippen LogP contribution in [0.5, 0.6) is 0 Å². The summed E-state index contributed by atoms with van der Waals surface area (Å²) in [5.41, 5.74) is 1.69. The van der Waals surface area contributed by atoms with Crippen LogP contribution in [0, 0.1) is 12.7 Å². The topological polar surface area (TPSA) is 69.7 Å². The molecule has 0 aromatic heterocycles. The summed E-state index contributed by atoms with van der Waals surface area (Å²) in [5.74, 6) is -0.635. The van der Waals surface area contributed by atoms with Gasteiger partial charge in [-0.2, -0.15) is 4.31 Å². The van der Waals surface area contributed by atoms with Crippen LogP contribution in [-0.4, -0.2) is 55.8 Å². The largest absolute Gasteiger partial charge is 0.325 e. The van der Waals surface area contributed by atoms with E-state index < -0.39 is 16.1 Å². The number of rotatable bonds is 6. The molecule has 6 nitrogen and oxygen atoms in total. The molecule has 1 aliphatic heterocycles. The summed E-state index contributed by atoms with van der Waals surface area (Å²) in [4.78, 5) is 14.5. The number of nitrogens with zero attached hydrogens (tertiary/aromatic N) is 2. The molecule has 0 spiro atoms. The van der Waals surface area contributed by atoms with Crippen molar-refractivity contribution in [2.75, 3.05) is 31.5 Å². The summed E-state index contributed by atoms with van der Waals surface area (Å²) in [5, 5.41) is 2.73. The first-order valence-corrected chi connectivity index (χ1v) is 11.2. The maximum atomic E-state index is 13.7. The predicted octanol–water partition coefficient (Wildman–Crippen LogP) is 2.61. The van der Waals surface area contributed by atoms with E-state index in [0.29, 0.717) is 37.4 Å². The Labute approximate surface area is 171 Å². The molecule has 1 saturated heterocycles. The summed E-state index contributed by atoms with van der Waals surface area (Å²) in [6.45, 7) is 5.04. The van der Waals surface area contributed by atoms with E-state index in [-0.39, 0.29) is 17.5 Å². The lowest BCUT2D eigenvalue weighted by Gasteiger charge is -2.36. The Morgan fingerprint density at radius 1 is 1.10 bits per heavy atom. The summed E-state index contributed by atoms with van der Waals surface area (Å²) in [7, 11) is -3.40. The molecule has 1 N–H and O–H groups in total. The Bertz CT molecular complexity index is 958. The minimum atomic E-state index is -3.40. The summed E-state index contributed by atoms with van der Waals surface area (Å²) < 4.78 is 40.5. The number of aryl methyl sites for hydroxylation is 1. The number of amides is 1. The maximum Gasteiger partial charge on any atom is 0.241 e. The first kappa shape index (κ1) is 21.4. The monoisotopic (exact) mass is 419 g/mol. The molecular formula is C21H26FN3O3S. The lowest BCUT2D eigenvalue weighted by atomic mass is 10.2. The van der Waals surface area contributed by atoms with Crippen LogP contribution in [-0.2, 0) is 20.6 Å². The average molecular weight is 420 g/mol. The minimum Gasteiger partial charge on any atom is -0.325 e. The van der Waals surface area contributed by atoms with E-state index in [2.05, 4.69) is 5.32 Å². The van der Waals surface area contributed by atoms with Gasteiger partial charge in [-0.15, -0.1) is 0 Å². The van der Waals surface area contributed by atoms with Crippen molar-refractivity contribution in [1.29, 1.82) is 0 Å². The van der Waals surface area contributed by atoms with Crippen LogP contribution in [0.4, 0.5) is 10.1 Å². The number of anilines is 1. The lowest BCUT2D eigenvalue weighted by Crippen LogP contribution is -2.54. The fourth-order valence-electron chi connectivity index (χ4n) is 3.33. The molecule has 0 radical (unpaired) electrons. The van der Waals surface area contributed by atoms with Crippen molar-refractivity contribution in [2.45, 2.75) is 25.6 Å². The average Bonchev–Trinajstić information content (AvgIpc) is 2.70. The van der Waals surface area contributed by atoms with E-state index in [0.717, 1.165) is 5.56 Å². The van der Waals surface area contributed by atoms with Crippen LogP contribution >= 0.6 is 0 Å². The third-order valence-electron chi connectivity index (χ3n) is 5.23. The zero-order valence-electron chi connectivity index (χ0n) is 16.6. The van der Waals surface area contributed by atoms with Gasteiger partial charge in [0.1, 0.15) is 5.82 Å². The van der Waals surface area contributed by atoms with Crippen LogP contribution in [0.25, 0.3) is 0 Å². The van der Waals surface area contributed by atoms with Crippen molar-refractivity contribution in [3.8, 4) is 0 Å². The van der Waals surface area contributed by atoms with Gasteiger partial charge < -0.3 is 5.32 Å². The molecule has 1 atom stereocenters. The molecule has 2 aromatic rings. The predicted molar refractivity (Wildman–Crippen MR) is 111 cm³/mol. The third kappa shape index (κ3) is 5.41. The highest BCUT2D eigenvalue weighted by atomic mass is 32.2. The molecule has 1 heterocycles. The number of piperazine rings is 1. The van der Waals surface area contributed by atoms with E-state index in [1.807, 2.05) is 23.1 Å². The smallest absolute Gasteiger partial charge is 0.241 e. The van der Waals surface area contributed by atoms with Crippen molar-refractivity contribution in [3.05, 3.63) is 65.5 Å². The SMILES string of the molecule is Cc1ccc(NC(=O)C(C)N2CCN(S(=O)(=O)Cc3ccccc3)CC2)cc1F. The normalized spacial score (nSPS) is 17.1. The number of carbonyl (C=O) groups excluding carboxylic acids is 1. The zero-order chi connectivity index (χ0) is 21.0. The molecule has 1 amide bonds. The van der Waals surface area contributed by atoms with Crippen LogP contribution in [0.15, 0.2) is 48.5 Å². The highest BCUT2D eigenvalue weighted by molar-refractivity contribution is 7.88. The summed E-state index contributed by atoms with van der Waals surface area (Å²) in [6.07, 6.45) is 0. The molecule has 0 saturated carbocycles.